The molecule has 0 aliphatic rings. The highest BCUT2D eigenvalue weighted by molar-refractivity contribution is 5.88. The van der Waals surface area contributed by atoms with Crippen LogP contribution in [0.3, 0.4) is 0 Å². The Bertz CT molecular complexity index is 780. The lowest BCUT2D eigenvalue weighted by molar-refractivity contribution is -0.118. The topological polar surface area (TPSA) is 125 Å². The Morgan fingerprint density at radius 2 is 1.95 bits per heavy atom. The molecule has 1 aromatic heterocycles. The van der Waals surface area contributed by atoms with Crippen molar-refractivity contribution >= 4 is 11.9 Å². The van der Waals surface area contributed by atoms with Crippen LogP contribution in [0.2, 0.25) is 0 Å². The summed E-state index contributed by atoms with van der Waals surface area (Å²) in [6.07, 6.45) is 0. The standard InChI is InChI=1S/C14H13N3O5/c1-22-9-4-2-8(3-5-9)11-6-10(14(20)21)13(19)17(16-11)7-12(15)18/h2-6H,7H2,1H3,(H2,15,18)(H,20,21). The number of carboxylic acid groups (broad SMARTS) is 1. The van der Waals surface area contributed by atoms with Crippen LogP contribution in [-0.2, 0) is 11.3 Å². The molecule has 1 aromatic carbocycles. The number of primary amides is 1. The number of hydrogen-bond acceptors (Lipinski definition) is 5. The number of carbonyl (C=O) groups excluding carboxylic acids is 1. The zero-order valence-electron chi connectivity index (χ0n) is 11.6. The summed E-state index contributed by atoms with van der Waals surface area (Å²) in [7, 11) is 1.52. The summed E-state index contributed by atoms with van der Waals surface area (Å²) in [5.41, 5.74) is 4.48. The van der Waals surface area contributed by atoms with Crippen molar-refractivity contribution < 1.29 is 19.4 Å². The van der Waals surface area contributed by atoms with Crippen LogP contribution in [0.5, 0.6) is 5.75 Å². The van der Waals surface area contributed by atoms with Crippen molar-refractivity contribution in [2.75, 3.05) is 7.11 Å². The molecule has 3 N–H and O–H groups in total. The first kappa shape index (κ1) is 15.2. The van der Waals surface area contributed by atoms with Gasteiger partial charge < -0.3 is 15.6 Å². The smallest absolute Gasteiger partial charge is 0.341 e. The summed E-state index contributed by atoms with van der Waals surface area (Å²) < 4.78 is 5.77. The Morgan fingerprint density at radius 1 is 1.32 bits per heavy atom. The maximum absolute atomic E-state index is 11.9. The van der Waals surface area contributed by atoms with E-state index in [1.165, 1.54) is 7.11 Å². The fourth-order valence-corrected chi connectivity index (χ4v) is 1.85. The van der Waals surface area contributed by atoms with Gasteiger partial charge in [-0.3, -0.25) is 9.59 Å². The maximum Gasteiger partial charge on any atom is 0.341 e. The number of benzene rings is 1. The Balaban J connectivity index is 2.59. The van der Waals surface area contributed by atoms with Gasteiger partial charge in [-0.05, 0) is 30.3 Å². The number of hydrogen-bond donors (Lipinski definition) is 2. The van der Waals surface area contributed by atoms with Gasteiger partial charge in [-0.1, -0.05) is 0 Å². The Labute approximate surface area is 124 Å². The van der Waals surface area contributed by atoms with E-state index in [2.05, 4.69) is 5.10 Å². The van der Waals surface area contributed by atoms with Crippen molar-refractivity contribution in [3.05, 3.63) is 46.2 Å². The minimum Gasteiger partial charge on any atom is -0.497 e. The molecule has 114 valence electrons. The number of methoxy groups -OCH3 is 1. The lowest BCUT2D eigenvalue weighted by Gasteiger charge is -2.08. The monoisotopic (exact) mass is 303 g/mol. The molecule has 8 nitrogen and oxygen atoms in total. The maximum atomic E-state index is 11.9. The molecule has 0 atom stereocenters. The van der Waals surface area contributed by atoms with Crippen LogP contribution in [0.15, 0.2) is 35.1 Å². The molecule has 22 heavy (non-hydrogen) atoms. The van der Waals surface area contributed by atoms with Gasteiger partial charge in [-0.2, -0.15) is 5.10 Å². The number of aromatic carboxylic acids is 1. The van der Waals surface area contributed by atoms with E-state index in [4.69, 9.17) is 15.6 Å². The molecule has 0 unspecified atom stereocenters. The van der Waals surface area contributed by atoms with E-state index < -0.39 is 29.5 Å². The Morgan fingerprint density at radius 3 is 2.45 bits per heavy atom. The molecule has 8 heteroatoms. The fourth-order valence-electron chi connectivity index (χ4n) is 1.85. The second-order valence-corrected chi connectivity index (χ2v) is 4.41. The quantitative estimate of drug-likeness (QED) is 0.807. The molecule has 0 aliphatic carbocycles. The highest BCUT2D eigenvalue weighted by atomic mass is 16.5. The molecule has 2 aromatic rings. The van der Waals surface area contributed by atoms with Gasteiger partial charge in [0.25, 0.3) is 5.56 Å². The van der Waals surface area contributed by atoms with Crippen LogP contribution in [-0.4, -0.2) is 33.9 Å². The number of ether oxygens (including phenoxy) is 1. The second kappa shape index (κ2) is 6.08. The molecular formula is C14H13N3O5. The van der Waals surface area contributed by atoms with Gasteiger partial charge in [0.2, 0.25) is 5.91 Å². The molecule has 0 bridgehead atoms. The molecule has 2 rings (SSSR count). The number of carbonyl (C=O) groups is 2. The third kappa shape index (κ3) is 3.11. The van der Waals surface area contributed by atoms with E-state index in [0.717, 1.165) is 10.7 Å². The summed E-state index contributed by atoms with van der Waals surface area (Å²) in [5, 5.41) is 13.1. The average molecular weight is 303 g/mol. The summed E-state index contributed by atoms with van der Waals surface area (Å²) in [5.74, 6) is -1.58. The molecule has 1 heterocycles. The number of carboxylic acids is 1. The van der Waals surface area contributed by atoms with Crippen LogP contribution >= 0.6 is 0 Å². The van der Waals surface area contributed by atoms with E-state index in [1.54, 1.807) is 24.3 Å². The Kier molecular flexibility index (Phi) is 4.21. The van der Waals surface area contributed by atoms with Crippen molar-refractivity contribution in [2.45, 2.75) is 6.54 Å². The van der Waals surface area contributed by atoms with Gasteiger partial charge >= 0.3 is 5.97 Å². The third-order valence-electron chi connectivity index (χ3n) is 2.90. The third-order valence-corrected chi connectivity index (χ3v) is 2.90. The number of amides is 1. The number of nitrogens with two attached hydrogens (primary N) is 1. The van der Waals surface area contributed by atoms with Crippen LogP contribution in [0.1, 0.15) is 10.4 Å². The van der Waals surface area contributed by atoms with Crippen LogP contribution in [0.25, 0.3) is 11.3 Å². The molecule has 0 saturated heterocycles. The van der Waals surface area contributed by atoms with Crippen molar-refractivity contribution in [3.63, 3.8) is 0 Å². The van der Waals surface area contributed by atoms with Crippen molar-refractivity contribution in [1.82, 2.24) is 9.78 Å². The Hall–Kier alpha value is -3.16. The molecule has 0 radical (unpaired) electrons. The van der Waals surface area contributed by atoms with Crippen molar-refractivity contribution in [1.29, 1.82) is 0 Å². The van der Waals surface area contributed by atoms with Crippen molar-refractivity contribution in [2.24, 2.45) is 5.73 Å². The molecule has 1 amide bonds. The zero-order chi connectivity index (χ0) is 16.3. The zero-order valence-corrected chi connectivity index (χ0v) is 11.6. The van der Waals surface area contributed by atoms with E-state index in [1.807, 2.05) is 0 Å². The summed E-state index contributed by atoms with van der Waals surface area (Å²) in [4.78, 5) is 34.1. The molecule has 0 fully saturated rings. The molecule has 0 aliphatic heterocycles. The SMILES string of the molecule is COc1ccc(-c2cc(C(=O)O)c(=O)n(CC(N)=O)n2)cc1. The summed E-state index contributed by atoms with van der Waals surface area (Å²) in [6.45, 7) is -0.497. The second-order valence-electron chi connectivity index (χ2n) is 4.41. The molecule has 0 spiro atoms. The average Bonchev–Trinajstić information content (AvgIpc) is 2.48. The minimum absolute atomic E-state index is 0.237. The molecule has 0 saturated carbocycles. The number of nitrogens with zero attached hydrogens (tertiary/aromatic N) is 2. The van der Waals surface area contributed by atoms with Crippen molar-refractivity contribution in [3.8, 4) is 17.0 Å². The van der Waals surface area contributed by atoms with Crippen LogP contribution < -0.4 is 16.0 Å². The van der Waals surface area contributed by atoms with E-state index in [9.17, 15) is 14.4 Å². The van der Waals surface area contributed by atoms with E-state index >= 15 is 0 Å². The first-order valence-electron chi connectivity index (χ1n) is 6.20. The van der Waals surface area contributed by atoms with Gasteiger partial charge in [0.15, 0.2) is 0 Å². The predicted molar refractivity (Wildman–Crippen MR) is 76.6 cm³/mol. The minimum atomic E-state index is -1.40. The molecular weight excluding hydrogens is 290 g/mol. The van der Waals surface area contributed by atoms with E-state index in [0.29, 0.717) is 11.3 Å². The van der Waals surface area contributed by atoms with Gasteiger partial charge in [-0.25, -0.2) is 9.48 Å². The van der Waals surface area contributed by atoms with Crippen LogP contribution in [0, 0.1) is 0 Å². The lowest BCUT2D eigenvalue weighted by Crippen LogP contribution is -2.33. The summed E-state index contributed by atoms with van der Waals surface area (Å²) >= 11 is 0. The van der Waals surface area contributed by atoms with E-state index in [-0.39, 0.29) is 5.69 Å². The largest absolute Gasteiger partial charge is 0.497 e. The first-order valence-corrected chi connectivity index (χ1v) is 6.20. The normalized spacial score (nSPS) is 10.2. The summed E-state index contributed by atoms with van der Waals surface area (Å²) in [6, 6.07) is 7.81. The lowest BCUT2D eigenvalue weighted by atomic mass is 10.1. The van der Waals surface area contributed by atoms with Gasteiger partial charge in [0.1, 0.15) is 17.9 Å². The number of aromatic nitrogens is 2. The van der Waals surface area contributed by atoms with Gasteiger partial charge in [-0.15, -0.1) is 0 Å². The highest BCUT2D eigenvalue weighted by Gasteiger charge is 2.16. The first-order chi connectivity index (χ1) is 10.4. The van der Waals surface area contributed by atoms with Gasteiger partial charge in [0, 0.05) is 5.56 Å². The van der Waals surface area contributed by atoms with Gasteiger partial charge in [0.05, 0.1) is 12.8 Å². The number of rotatable bonds is 5. The highest BCUT2D eigenvalue weighted by Crippen LogP contribution is 2.20. The fraction of sp³-hybridized carbons (Fsp3) is 0.143. The predicted octanol–water partition coefficient (Wildman–Crippen LogP) is 0.102. The van der Waals surface area contributed by atoms with Crippen LogP contribution in [0.4, 0.5) is 0 Å².